The van der Waals surface area contributed by atoms with Gasteiger partial charge in [0, 0.05) is 16.9 Å². The molecular weight excluding hydrogens is 392 g/mol. The molecule has 0 saturated carbocycles. The van der Waals surface area contributed by atoms with E-state index in [-0.39, 0.29) is 23.7 Å². The molecule has 2 aliphatic rings. The van der Waals surface area contributed by atoms with E-state index >= 15 is 0 Å². The van der Waals surface area contributed by atoms with Gasteiger partial charge in [0.05, 0.1) is 11.1 Å². The fraction of sp³-hybridized carbons (Fsp3) is 0.100. The van der Waals surface area contributed by atoms with Crippen molar-refractivity contribution in [2.45, 2.75) is 6.67 Å². The minimum absolute atomic E-state index is 0.168. The zero-order valence-corrected chi connectivity index (χ0v) is 15.8. The van der Waals surface area contributed by atoms with Crippen molar-refractivity contribution in [1.29, 1.82) is 0 Å². The van der Waals surface area contributed by atoms with E-state index in [1.165, 1.54) is 22.0 Å². The van der Waals surface area contributed by atoms with Crippen molar-refractivity contribution in [2.24, 2.45) is 4.99 Å². The second kappa shape index (κ2) is 6.42. The van der Waals surface area contributed by atoms with Crippen LogP contribution in [0.1, 0.15) is 15.9 Å². The highest BCUT2D eigenvalue weighted by atomic mass is 32.1. The maximum Gasteiger partial charge on any atom is 0.335 e. The van der Waals surface area contributed by atoms with Crippen LogP contribution in [0, 0.1) is 0 Å². The van der Waals surface area contributed by atoms with Gasteiger partial charge in [-0.3, -0.25) is 14.2 Å². The molecular formula is C20H14N4O4S. The number of carboxylic acids is 1. The third kappa shape index (κ3) is 2.74. The summed E-state index contributed by atoms with van der Waals surface area (Å²) in [5.41, 5.74) is 2.31. The lowest BCUT2D eigenvalue weighted by Crippen LogP contribution is -2.43. The smallest absolute Gasteiger partial charge is 0.335 e. The van der Waals surface area contributed by atoms with Gasteiger partial charge in [-0.1, -0.05) is 35.6 Å². The van der Waals surface area contributed by atoms with Crippen molar-refractivity contribution in [3.05, 3.63) is 79.3 Å². The van der Waals surface area contributed by atoms with Crippen LogP contribution in [0.3, 0.4) is 0 Å². The van der Waals surface area contributed by atoms with Gasteiger partial charge in [-0.25, -0.2) is 9.79 Å². The summed E-state index contributed by atoms with van der Waals surface area (Å²) in [5.74, 6) is -1.31. The molecule has 3 heterocycles. The quantitative estimate of drug-likeness (QED) is 0.656. The first-order chi connectivity index (χ1) is 14.0. The van der Waals surface area contributed by atoms with Crippen molar-refractivity contribution in [2.75, 3.05) is 16.9 Å². The Bertz CT molecular complexity index is 1370. The summed E-state index contributed by atoms with van der Waals surface area (Å²) in [5, 5.41) is 12.0. The van der Waals surface area contributed by atoms with Crippen LogP contribution in [0.2, 0.25) is 0 Å². The number of hydrogen-bond donors (Lipinski definition) is 2. The Morgan fingerprint density at radius 2 is 1.97 bits per heavy atom. The van der Waals surface area contributed by atoms with Crippen LogP contribution in [0.4, 0.5) is 11.4 Å². The lowest BCUT2D eigenvalue weighted by Gasteiger charge is -2.25. The van der Waals surface area contributed by atoms with Gasteiger partial charge in [0.25, 0.3) is 11.5 Å². The van der Waals surface area contributed by atoms with Crippen LogP contribution in [0.5, 0.6) is 0 Å². The average Bonchev–Trinajstić information content (AvgIpc) is 3.23. The third-order valence-corrected chi connectivity index (χ3v) is 6.02. The summed E-state index contributed by atoms with van der Waals surface area (Å²) in [7, 11) is 0. The maximum absolute atomic E-state index is 13.1. The van der Waals surface area contributed by atoms with Crippen molar-refractivity contribution in [3.63, 3.8) is 0 Å². The van der Waals surface area contributed by atoms with Crippen LogP contribution in [0.15, 0.2) is 58.3 Å². The minimum atomic E-state index is -1.02. The van der Waals surface area contributed by atoms with E-state index in [2.05, 4.69) is 10.3 Å². The number of nitrogens with zero attached hydrogens (tertiary/aromatic N) is 3. The van der Waals surface area contributed by atoms with Gasteiger partial charge in [-0.15, -0.1) is 0 Å². The van der Waals surface area contributed by atoms with Gasteiger partial charge in [0.1, 0.15) is 17.9 Å². The second-order valence-electron chi connectivity index (χ2n) is 6.66. The first-order valence-electron chi connectivity index (χ1n) is 8.80. The molecule has 144 valence electrons. The van der Waals surface area contributed by atoms with Crippen molar-refractivity contribution < 1.29 is 14.7 Å². The van der Waals surface area contributed by atoms with Crippen molar-refractivity contribution in [3.8, 4) is 0 Å². The minimum Gasteiger partial charge on any atom is -0.478 e. The Morgan fingerprint density at radius 3 is 2.79 bits per heavy atom. The van der Waals surface area contributed by atoms with Gasteiger partial charge in [0.15, 0.2) is 4.80 Å². The molecule has 1 aromatic heterocycles. The monoisotopic (exact) mass is 406 g/mol. The maximum atomic E-state index is 13.1. The summed E-state index contributed by atoms with van der Waals surface area (Å²) in [4.78, 5) is 43.7. The van der Waals surface area contributed by atoms with Gasteiger partial charge < -0.3 is 15.3 Å². The van der Waals surface area contributed by atoms with Gasteiger partial charge in [0.2, 0.25) is 0 Å². The third-order valence-electron chi connectivity index (χ3n) is 4.91. The number of benzene rings is 2. The molecule has 0 saturated heterocycles. The number of aromatic carboxylic acids is 1. The number of carboxylic acid groups (broad SMARTS) is 1. The van der Waals surface area contributed by atoms with Gasteiger partial charge in [-0.2, -0.15) is 0 Å². The number of aromatic nitrogens is 1. The van der Waals surface area contributed by atoms with E-state index in [4.69, 9.17) is 0 Å². The number of carbonyl (C=O) groups is 2. The number of anilines is 2. The number of thiazole rings is 1. The zero-order valence-electron chi connectivity index (χ0n) is 15.0. The van der Waals surface area contributed by atoms with Crippen molar-refractivity contribution >= 4 is 40.2 Å². The van der Waals surface area contributed by atoms with Crippen LogP contribution in [0.25, 0.3) is 5.57 Å². The Morgan fingerprint density at radius 1 is 1.14 bits per heavy atom. The van der Waals surface area contributed by atoms with Gasteiger partial charge in [-0.05, 0) is 24.3 Å². The van der Waals surface area contributed by atoms with Crippen LogP contribution >= 0.6 is 11.3 Å². The predicted molar refractivity (Wildman–Crippen MR) is 108 cm³/mol. The molecule has 1 amide bonds. The van der Waals surface area contributed by atoms with E-state index in [9.17, 15) is 19.5 Å². The summed E-state index contributed by atoms with van der Waals surface area (Å²) in [6.07, 6.45) is 0. The molecule has 0 spiro atoms. The molecule has 0 aliphatic carbocycles. The highest BCUT2D eigenvalue weighted by molar-refractivity contribution is 7.07. The number of hydrogen-bond acceptors (Lipinski definition) is 6. The van der Waals surface area contributed by atoms with Crippen LogP contribution in [-0.2, 0) is 11.5 Å². The number of carbonyl (C=O) groups excluding carboxylic acids is 1. The molecule has 0 fully saturated rings. The molecule has 2 aliphatic heterocycles. The number of amides is 1. The van der Waals surface area contributed by atoms with Crippen molar-refractivity contribution in [1.82, 2.24) is 4.57 Å². The lowest BCUT2D eigenvalue weighted by atomic mass is 10.1. The summed E-state index contributed by atoms with van der Waals surface area (Å²) in [6.45, 7) is 0.522. The highest BCUT2D eigenvalue weighted by Gasteiger charge is 2.27. The van der Waals surface area contributed by atoms with E-state index in [1.807, 2.05) is 23.1 Å². The fourth-order valence-electron chi connectivity index (χ4n) is 3.50. The standard InChI is InChI=1S/C20H14N4O4S/c25-17-15(13-6-1-2-7-14(13)22-17)16-18(26)24-10-23(9-21-20(24)29-16)12-5-3-4-11(8-12)19(27)28/h1-8H,9-10H2,(H,22,25)(H,27,28)/b16-15-. The number of rotatable bonds is 2. The molecule has 8 nitrogen and oxygen atoms in total. The molecule has 2 aromatic carbocycles. The number of nitrogens with one attached hydrogen (secondary N) is 1. The summed E-state index contributed by atoms with van der Waals surface area (Å²) < 4.78 is 1.87. The topological polar surface area (TPSA) is 104 Å². The molecule has 2 N–H and O–H groups in total. The molecule has 3 aromatic rings. The van der Waals surface area contributed by atoms with Crippen LogP contribution < -0.4 is 25.1 Å². The Labute approximate surface area is 167 Å². The zero-order chi connectivity index (χ0) is 20.1. The van der Waals surface area contributed by atoms with Gasteiger partial charge >= 0.3 is 5.97 Å². The molecule has 5 rings (SSSR count). The average molecular weight is 406 g/mol. The first kappa shape index (κ1) is 17.4. The molecule has 29 heavy (non-hydrogen) atoms. The number of fused-ring (bicyclic) bond motifs is 2. The lowest BCUT2D eigenvalue weighted by molar-refractivity contribution is -0.110. The predicted octanol–water partition coefficient (Wildman–Crippen LogP) is 0.814. The normalized spacial score (nSPS) is 16.7. The second-order valence-corrected chi connectivity index (χ2v) is 7.64. The fourth-order valence-corrected chi connectivity index (χ4v) is 4.56. The summed E-state index contributed by atoms with van der Waals surface area (Å²) >= 11 is 1.20. The van der Waals surface area contributed by atoms with E-state index in [0.29, 0.717) is 38.5 Å². The highest BCUT2D eigenvalue weighted by Crippen LogP contribution is 2.29. The molecule has 9 heteroatoms. The summed E-state index contributed by atoms with van der Waals surface area (Å²) in [6, 6.07) is 13.8. The molecule has 0 radical (unpaired) electrons. The SMILES string of the molecule is O=C1Nc2ccccc2/C1=c1/sc2n(c1=O)CN(c1cccc(C(=O)O)c1)CN=2. The molecule has 0 unspecified atom stereocenters. The molecule has 0 atom stereocenters. The van der Waals surface area contributed by atoms with Crippen LogP contribution in [-0.4, -0.2) is 28.2 Å². The Hall–Kier alpha value is -3.72. The Balaban J connectivity index is 1.61. The van der Waals surface area contributed by atoms with E-state index < -0.39 is 5.97 Å². The first-order valence-corrected chi connectivity index (χ1v) is 9.62. The molecule has 0 bridgehead atoms. The van der Waals surface area contributed by atoms with E-state index in [1.54, 1.807) is 24.3 Å². The Kier molecular flexibility index (Phi) is 3.85. The largest absolute Gasteiger partial charge is 0.478 e. The van der Waals surface area contributed by atoms with E-state index in [0.717, 1.165) is 0 Å². The number of para-hydroxylation sites is 1.